The molecule has 4 nitrogen and oxygen atoms in total. The van der Waals surface area contributed by atoms with Crippen LogP contribution in [0.5, 0.6) is 5.75 Å². The van der Waals surface area contributed by atoms with Crippen molar-refractivity contribution in [3.63, 3.8) is 0 Å². The van der Waals surface area contributed by atoms with Crippen LogP contribution < -0.4 is 4.74 Å². The standard InChI is InChI=1S/C16H19IO4/c1-5-6-7-10-12(17)8-11(9(2)18)14-13(10)15(19)21-16(3,4)20-14/h8H,5-7H2,1-4H3. The van der Waals surface area contributed by atoms with E-state index in [1.165, 1.54) is 6.92 Å². The second-order valence-corrected chi connectivity index (χ2v) is 6.80. The number of halogens is 1. The molecule has 0 aliphatic carbocycles. The number of ether oxygens (including phenoxy) is 2. The minimum absolute atomic E-state index is 0.114. The SMILES string of the molecule is CCCCc1c(I)cc(C(C)=O)c2c1C(=O)OC(C)(C)O2. The maximum atomic E-state index is 12.4. The van der Waals surface area contributed by atoms with Crippen LogP contribution in [0.3, 0.4) is 0 Å². The van der Waals surface area contributed by atoms with E-state index in [0.29, 0.717) is 16.9 Å². The van der Waals surface area contributed by atoms with Gasteiger partial charge in [-0.3, -0.25) is 4.79 Å². The van der Waals surface area contributed by atoms with Gasteiger partial charge in [0.05, 0.1) is 5.56 Å². The summed E-state index contributed by atoms with van der Waals surface area (Å²) in [5.74, 6) is -1.20. The van der Waals surface area contributed by atoms with Crippen molar-refractivity contribution in [3.8, 4) is 5.75 Å². The van der Waals surface area contributed by atoms with Crippen LogP contribution >= 0.6 is 22.6 Å². The van der Waals surface area contributed by atoms with Gasteiger partial charge in [-0.15, -0.1) is 0 Å². The smallest absolute Gasteiger partial charge is 0.345 e. The third-order valence-corrected chi connectivity index (χ3v) is 4.35. The van der Waals surface area contributed by atoms with Crippen LogP contribution in [0.25, 0.3) is 0 Å². The summed E-state index contributed by atoms with van der Waals surface area (Å²) in [7, 11) is 0. The van der Waals surface area contributed by atoms with E-state index >= 15 is 0 Å². The molecule has 114 valence electrons. The highest BCUT2D eigenvalue weighted by Crippen LogP contribution is 2.39. The van der Waals surface area contributed by atoms with Crippen molar-refractivity contribution in [1.29, 1.82) is 0 Å². The van der Waals surface area contributed by atoms with Crippen LogP contribution in [0.1, 0.15) is 66.8 Å². The molecule has 0 spiro atoms. The fourth-order valence-corrected chi connectivity index (χ4v) is 3.24. The number of unbranched alkanes of at least 4 members (excludes halogenated alkanes) is 1. The normalized spacial score (nSPS) is 16.0. The zero-order valence-electron chi connectivity index (χ0n) is 12.7. The molecule has 0 amide bonds. The van der Waals surface area contributed by atoms with Crippen molar-refractivity contribution in [2.75, 3.05) is 0 Å². The van der Waals surface area contributed by atoms with Crippen molar-refractivity contribution in [2.45, 2.75) is 52.7 Å². The summed E-state index contributed by atoms with van der Waals surface area (Å²) in [5, 5.41) is 0. The molecule has 0 radical (unpaired) electrons. The lowest BCUT2D eigenvalue weighted by Gasteiger charge is -2.34. The third kappa shape index (κ3) is 3.22. The van der Waals surface area contributed by atoms with Gasteiger partial charge in [-0.05, 0) is 54.0 Å². The van der Waals surface area contributed by atoms with Gasteiger partial charge >= 0.3 is 5.97 Å². The van der Waals surface area contributed by atoms with Crippen molar-refractivity contribution in [2.24, 2.45) is 0 Å². The van der Waals surface area contributed by atoms with Crippen LogP contribution in [0.4, 0.5) is 0 Å². The molecule has 1 aliphatic heterocycles. The summed E-state index contributed by atoms with van der Waals surface area (Å²) in [6.45, 7) is 6.91. The summed E-state index contributed by atoms with van der Waals surface area (Å²) < 4.78 is 12.0. The summed E-state index contributed by atoms with van der Waals surface area (Å²) in [4.78, 5) is 24.3. The van der Waals surface area contributed by atoms with Gasteiger partial charge in [0, 0.05) is 17.4 Å². The van der Waals surface area contributed by atoms with Crippen molar-refractivity contribution in [3.05, 3.63) is 26.3 Å². The Balaban J connectivity index is 2.67. The first kappa shape index (κ1) is 16.3. The summed E-state index contributed by atoms with van der Waals surface area (Å²) in [5.41, 5.74) is 1.78. The second kappa shape index (κ2) is 5.94. The van der Waals surface area contributed by atoms with E-state index in [1.807, 2.05) is 0 Å². The Hall–Kier alpha value is -1.11. The quantitative estimate of drug-likeness (QED) is 0.432. The number of carbonyl (C=O) groups is 2. The van der Waals surface area contributed by atoms with Crippen molar-refractivity contribution in [1.82, 2.24) is 0 Å². The highest BCUT2D eigenvalue weighted by molar-refractivity contribution is 14.1. The molecule has 0 aromatic heterocycles. The minimum Gasteiger partial charge on any atom is -0.451 e. The molecule has 0 saturated heterocycles. The Morgan fingerprint density at radius 3 is 2.57 bits per heavy atom. The fraction of sp³-hybridized carbons (Fsp3) is 0.500. The number of carbonyl (C=O) groups excluding carboxylic acids is 2. The van der Waals surface area contributed by atoms with E-state index in [0.717, 1.165) is 28.4 Å². The summed E-state index contributed by atoms with van der Waals surface area (Å²) in [6.07, 6.45) is 2.77. The van der Waals surface area contributed by atoms with E-state index in [4.69, 9.17) is 9.47 Å². The maximum Gasteiger partial charge on any atom is 0.345 e. The third-order valence-electron chi connectivity index (χ3n) is 3.38. The van der Waals surface area contributed by atoms with Crippen LogP contribution in [0.2, 0.25) is 0 Å². The van der Waals surface area contributed by atoms with Gasteiger partial charge in [-0.2, -0.15) is 0 Å². The first-order valence-corrected chi connectivity index (χ1v) is 8.13. The van der Waals surface area contributed by atoms with E-state index < -0.39 is 11.8 Å². The second-order valence-electron chi connectivity index (χ2n) is 5.64. The largest absolute Gasteiger partial charge is 0.451 e. The number of cyclic esters (lactones) is 1. The van der Waals surface area contributed by atoms with Gasteiger partial charge < -0.3 is 9.47 Å². The maximum absolute atomic E-state index is 12.4. The lowest BCUT2D eigenvalue weighted by atomic mass is 9.95. The Kier molecular flexibility index (Phi) is 4.60. The van der Waals surface area contributed by atoms with Gasteiger partial charge in [0.15, 0.2) is 5.78 Å². The average molecular weight is 402 g/mol. The zero-order valence-corrected chi connectivity index (χ0v) is 14.9. The molecule has 0 fully saturated rings. The molecule has 0 bridgehead atoms. The molecule has 0 unspecified atom stereocenters. The molecule has 5 heteroatoms. The van der Waals surface area contributed by atoms with Gasteiger partial charge in [-0.1, -0.05) is 13.3 Å². The molecule has 21 heavy (non-hydrogen) atoms. The Bertz CT molecular complexity index is 605. The van der Waals surface area contributed by atoms with E-state index in [1.54, 1.807) is 19.9 Å². The Morgan fingerprint density at radius 2 is 2.00 bits per heavy atom. The van der Waals surface area contributed by atoms with Crippen LogP contribution in [-0.2, 0) is 11.2 Å². The molecular weight excluding hydrogens is 383 g/mol. The molecular formula is C16H19IO4. The molecule has 1 aromatic carbocycles. The van der Waals surface area contributed by atoms with Gasteiger partial charge in [0.1, 0.15) is 11.3 Å². The number of fused-ring (bicyclic) bond motifs is 1. The van der Waals surface area contributed by atoms with Gasteiger partial charge in [-0.25, -0.2) is 4.79 Å². The molecule has 1 aromatic rings. The average Bonchev–Trinajstić information content (AvgIpc) is 2.36. The predicted octanol–water partition coefficient (Wildman–Crippen LogP) is 4.12. The van der Waals surface area contributed by atoms with Crippen molar-refractivity contribution < 1.29 is 19.1 Å². The lowest BCUT2D eigenvalue weighted by Crippen LogP contribution is -2.40. The van der Waals surface area contributed by atoms with Crippen molar-refractivity contribution >= 4 is 34.3 Å². The topological polar surface area (TPSA) is 52.6 Å². The number of rotatable bonds is 4. The molecule has 2 rings (SSSR count). The van der Waals surface area contributed by atoms with Gasteiger partial charge in [0.25, 0.3) is 0 Å². The summed E-state index contributed by atoms with van der Waals surface area (Å²) in [6, 6.07) is 1.81. The molecule has 1 heterocycles. The first-order chi connectivity index (χ1) is 9.76. The predicted molar refractivity (Wildman–Crippen MR) is 87.9 cm³/mol. The number of benzene rings is 1. The number of hydrogen-bond acceptors (Lipinski definition) is 4. The van der Waals surface area contributed by atoms with Gasteiger partial charge in [0.2, 0.25) is 5.79 Å². The highest BCUT2D eigenvalue weighted by Gasteiger charge is 2.38. The summed E-state index contributed by atoms with van der Waals surface area (Å²) >= 11 is 2.17. The molecule has 0 saturated carbocycles. The highest BCUT2D eigenvalue weighted by atomic mass is 127. The zero-order chi connectivity index (χ0) is 15.8. The van der Waals surface area contributed by atoms with Crippen LogP contribution in [0.15, 0.2) is 6.07 Å². The lowest BCUT2D eigenvalue weighted by molar-refractivity contribution is -0.127. The van der Waals surface area contributed by atoms with E-state index in [9.17, 15) is 9.59 Å². The minimum atomic E-state index is -1.05. The molecule has 0 N–H and O–H groups in total. The Morgan fingerprint density at radius 1 is 1.33 bits per heavy atom. The number of hydrogen-bond donors (Lipinski definition) is 0. The Labute approximate surface area is 138 Å². The monoisotopic (exact) mass is 402 g/mol. The molecule has 1 aliphatic rings. The number of ketones is 1. The first-order valence-electron chi connectivity index (χ1n) is 7.05. The van der Waals surface area contributed by atoms with Crippen LogP contribution in [0, 0.1) is 3.57 Å². The van der Waals surface area contributed by atoms with E-state index in [-0.39, 0.29) is 5.78 Å². The molecule has 0 atom stereocenters. The van der Waals surface area contributed by atoms with E-state index in [2.05, 4.69) is 29.5 Å². The van der Waals surface area contributed by atoms with Crippen LogP contribution in [-0.4, -0.2) is 17.5 Å². The number of Topliss-reactive ketones (excluding diaryl/α,β-unsaturated/α-hetero) is 1. The number of esters is 1. The fourth-order valence-electron chi connectivity index (χ4n) is 2.39.